The van der Waals surface area contributed by atoms with Gasteiger partial charge in [-0.25, -0.2) is 0 Å². The summed E-state index contributed by atoms with van der Waals surface area (Å²) >= 11 is 6.13. The summed E-state index contributed by atoms with van der Waals surface area (Å²) in [6.45, 7) is 10.0. The van der Waals surface area contributed by atoms with Crippen LogP contribution in [0.1, 0.15) is 43.6 Å². The Morgan fingerprint density at radius 1 is 1.18 bits per heavy atom. The average molecular weight is 254 g/mol. The maximum atomic E-state index is 12.4. The molecule has 0 aliphatic carbocycles. The Hall–Kier alpha value is -1.02. The van der Waals surface area contributed by atoms with Crippen LogP contribution in [-0.4, -0.2) is 22.9 Å². The van der Waals surface area contributed by atoms with Crippen molar-refractivity contribution in [3.8, 4) is 0 Å². The Labute approximate surface area is 109 Å². The summed E-state index contributed by atoms with van der Waals surface area (Å²) in [4.78, 5) is 14.2. The van der Waals surface area contributed by atoms with Crippen LogP contribution in [0.2, 0.25) is 5.02 Å². The quantitative estimate of drug-likeness (QED) is 0.800. The molecular weight excluding hydrogens is 234 g/mol. The van der Waals surface area contributed by atoms with Crippen LogP contribution in [0.3, 0.4) is 0 Å². The Morgan fingerprint density at radius 3 is 2.12 bits per heavy atom. The SMILES string of the molecule is Cc1ccc(C(=O)N(C(C)C)C(C)C)c(Cl)c1. The fourth-order valence-corrected chi connectivity index (χ4v) is 2.31. The van der Waals surface area contributed by atoms with E-state index in [0.717, 1.165) is 5.56 Å². The molecule has 0 saturated heterocycles. The van der Waals surface area contributed by atoms with Crippen LogP contribution in [0.5, 0.6) is 0 Å². The summed E-state index contributed by atoms with van der Waals surface area (Å²) in [7, 11) is 0. The molecule has 0 radical (unpaired) electrons. The minimum atomic E-state index is 0.000000000000000666. The molecule has 0 fully saturated rings. The van der Waals surface area contributed by atoms with Gasteiger partial charge in [-0.1, -0.05) is 17.7 Å². The predicted molar refractivity (Wildman–Crippen MR) is 72.6 cm³/mol. The number of rotatable bonds is 3. The van der Waals surface area contributed by atoms with Gasteiger partial charge in [-0.15, -0.1) is 0 Å². The highest BCUT2D eigenvalue weighted by molar-refractivity contribution is 6.33. The third kappa shape index (κ3) is 3.22. The molecule has 0 atom stereocenters. The van der Waals surface area contributed by atoms with Crippen molar-refractivity contribution in [3.63, 3.8) is 0 Å². The Kier molecular flexibility index (Phi) is 4.58. The first-order valence-electron chi connectivity index (χ1n) is 5.93. The van der Waals surface area contributed by atoms with Crippen molar-refractivity contribution < 1.29 is 4.79 Å². The maximum Gasteiger partial charge on any atom is 0.255 e. The van der Waals surface area contributed by atoms with Crippen LogP contribution in [0, 0.1) is 6.92 Å². The Balaban J connectivity index is 3.10. The topological polar surface area (TPSA) is 20.3 Å². The molecule has 1 amide bonds. The summed E-state index contributed by atoms with van der Waals surface area (Å²) in [5, 5.41) is 0.529. The van der Waals surface area contributed by atoms with Gasteiger partial charge >= 0.3 is 0 Å². The third-order valence-electron chi connectivity index (χ3n) is 2.70. The van der Waals surface area contributed by atoms with Gasteiger partial charge in [0.2, 0.25) is 0 Å². The second-order valence-electron chi connectivity index (χ2n) is 4.88. The zero-order valence-corrected chi connectivity index (χ0v) is 11.9. The minimum Gasteiger partial charge on any atom is -0.334 e. The summed E-state index contributed by atoms with van der Waals surface area (Å²) in [5.74, 6) is 0.000000000000000666. The zero-order valence-electron chi connectivity index (χ0n) is 11.1. The molecule has 1 rings (SSSR count). The van der Waals surface area contributed by atoms with Crippen LogP contribution in [0.15, 0.2) is 18.2 Å². The average Bonchev–Trinajstić information content (AvgIpc) is 2.15. The Morgan fingerprint density at radius 2 is 1.71 bits per heavy atom. The van der Waals surface area contributed by atoms with Gasteiger partial charge in [0.25, 0.3) is 5.91 Å². The van der Waals surface area contributed by atoms with Crippen LogP contribution in [0.25, 0.3) is 0 Å². The van der Waals surface area contributed by atoms with Crippen molar-refractivity contribution in [1.29, 1.82) is 0 Å². The van der Waals surface area contributed by atoms with Crippen molar-refractivity contribution in [2.75, 3.05) is 0 Å². The van der Waals surface area contributed by atoms with Crippen molar-refractivity contribution >= 4 is 17.5 Å². The summed E-state index contributed by atoms with van der Waals surface area (Å²) in [6.07, 6.45) is 0. The molecule has 0 saturated carbocycles. The van der Waals surface area contributed by atoms with Crippen LogP contribution >= 0.6 is 11.6 Å². The Bertz CT molecular complexity index is 405. The largest absolute Gasteiger partial charge is 0.334 e. The van der Waals surface area contributed by atoms with Gasteiger partial charge in [0.05, 0.1) is 10.6 Å². The number of carbonyl (C=O) groups excluding carboxylic acids is 1. The molecule has 94 valence electrons. The second kappa shape index (κ2) is 5.54. The molecule has 17 heavy (non-hydrogen) atoms. The smallest absolute Gasteiger partial charge is 0.255 e. The van der Waals surface area contributed by atoms with E-state index in [1.165, 1.54) is 0 Å². The number of aryl methyl sites for hydroxylation is 1. The maximum absolute atomic E-state index is 12.4. The monoisotopic (exact) mass is 253 g/mol. The van der Waals surface area contributed by atoms with Crippen LogP contribution in [-0.2, 0) is 0 Å². The molecular formula is C14H20ClNO. The third-order valence-corrected chi connectivity index (χ3v) is 3.01. The van der Waals surface area contributed by atoms with Gasteiger partial charge in [0.1, 0.15) is 0 Å². The minimum absolute atomic E-state index is 0.000000000000000666. The van der Waals surface area contributed by atoms with E-state index in [9.17, 15) is 4.79 Å². The van der Waals surface area contributed by atoms with Crippen molar-refractivity contribution in [3.05, 3.63) is 34.3 Å². The molecule has 2 nitrogen and oxygen atoms in total. The first-order chi connectivity index (χ1) is 7.84. The molecule has 0 unspecified atom stereocenters. The number of nitrogens with zero attached hydrogens (tertiary/aromatic N) is 1. The van der Waals surface area contributed by atoms with E-state index in [4.69, 9.17) is 11.6 Å². The molecule has 0 aromatic heterocycles. The van der Waals surface area contributed by atoms with E-state index in [2.05, 4.69) is 0 Å². The zero-order chi connectivity index (χ0) is 13.2. The molecule has 0 heterocycles. The first-order valence-corrected chi connectivity index (χ1v) is 6.31. The normalized spacial score (nSPS) is 11.1. The highest BCUT2D eigenvalue weighted by Crippen LogP contribution is 2.21. The lowest BCUT2D eigenvalue weighted by molar-refractivity contribution is 0.0644. The van der Waals surface area contributed by atoms with E-state index in [-0.39, 0.29) is 18.0 Å². The van der Waals surface area contributed by atoms with Gasteiger partial charge in [-0.3, -0.25) is 4.79 Å². The predicted octanol–water partition coefficient (Wildman–Crippen LogP) is 3.91. The van der Waals surface area contributed by atoms with E-state index >= 15 is 0 Å². The number of hydrogen-bond donors (Lipinski definition) is 0. The van der Waals surface area contributed by atoms with Gasteiger partial charge in [0.15, 0.2) is 0 Å². The molecule has 0 aliphatic heterocycles. The molecule has 0 aliphatic rings. The van der Waals surface area contributed by atoms with E-state index in [1.54, 1.807) is 6.07 Å². The number of halogens is 1. The lowest BCUT2D eigenvalue weighted by atomic mass is 10.1. The number of amides is 1. The molecule has 1 aromatic rings. The summed E-state index contributed by atoms with van der Waals surface area (Å²) in [5.41, 5.74) is 1.65. The molecule has 0 spiro atoms. The van der Waals surface area contributed by atoms with Gasteiger partial charge in [-0.05, 0) is 52.3 Å². The summed E-state index contributed by atoms with van der Waals surface area (Å²) in [6, 6.07) is 5.88. The lowest BCUT2D eigenvalue weighted by Crippen LogP contribution is -2.42. The van der Waals surface area contributed by atoms with Gasteiger partial charge in [-0.2, -0.15) is 0 Å². The molecule has 3 heteroatoms. The highest BCUT2D eigenvalue weighted by Gasteiger charge is 2.23. The lowest BCUT2D eigenvalue weighted by Gasteiger charge is -2.31. The number of carbonyl (C=O) groups is 1. The standard InChI is InChI=1S/C14H20ClNO/c1-9(2)16(10(3)4)14(17)12-7-6-11(5)8-13(12)15/h6-10H,1-5H3. The fraction of sp³-hybridized carbons (Fsp3) is 0.500. The molecule has 0 N–H and O–H groups in total. The highest BCUT2D eigenvalue weighted by atomic mass is 35.5. The van der Waals surface area contributed by atoms with E-state index < -0.39 is 0 Å². The molecule has 1 aromatic carbocycles. The summed E-state index contributed by atoms with van der Waals surface area (Å²) < 4.78 is 0. The van der Waals surface area contributed by atoms with E-state index in [1.807, 2.05) is 51.7 Å². The molecule has 0 bridgehead atoms. The van der Waals surface area contributed by atoms with Crippen LogP contribution < -0.4 is 0 Å². The number of benzene rings is 1. The van der Waals surface area contributed by atoms with E-state index in [0.29, 0.717) is 10.6 Å². The van der Waals surface area contributed by atoms with Crippen molar-refractivity contribution in [2.24, 2.45) is 0 Å². The van der Waals surface area contributed by atoms with Crippen molar-refractivity contribution in [1.82, 2.24) is 4.90 Å². The fourth-order valence-electron chi connectivity index (χ4n) is 2.00. The second-order valence-corrected chi connectivity index (χ2v) is 5.29. The van der Waals surface area contributed by atoms with Gasteiger partial charge < -0.3 is 4.90 Å². The van der Waals surface area contributed by atoms with Gasteiger partial charge in [0, 0.05) is 12.1 Å². The first kappa shape index (κ1) is 14.0. The number of hydrogen-bond acceptors (Lipinski definition) is 1. The van der Waals surface area contributed by atoms with Crippen LogP contribution in [0.4, 0.5) is 0 Å². The van der Waals surface area contributed by atoms with Crippen molar-refractivity contribution in [2.45, 2.75) is 46.7 Å².